The first-order valence-corrected chi connectivity index (χ1v) is 10.9. The van der Waals surface area contributed by atoms with Crippen molar-refractivity contribution < 1.29 is 31.5 Å². The Balaban J connectivity index is 1.62. The highest BCUT2D eigenvalue weighted by Crippen LogP contribution is 2.34. The van der Waals surface area contributed by atoms with Crippen molar-refractivity contribution in [1.82, 2.24) is 9.97 Å². The second-order valence-corrected chi connectivity index (χ2v) is 8.14. The van der Waals surface area contributed by atoms with Gasteiger partial charge in [-0.05, 0) is 36.6 Å². The molecule has 1 N–H and O–H groups in total. The van der Waals surface area contributed by atoms with Crippen LogP contribution in [-0.4, -0.2) is 35.3 Å². The number of benzene rings is 1. The molecule has 184 valence electrons. The molecule has 3 aromatic rings. The summed E-state index contributed by atoms with van der Waals surface area (Å²) in [6.07, 6.45) is 0.827. The van der Waals surface area contributed by atoms with E-state index in [4.69, 9.17) is 0 Å². The molecule has 1 atom stereocenters. The van der Waals surface area contributed by atoms with Crippen LogP contribution in [0.5, 0.6) is 5.75 Å². The van der Waals surface area contributed by atoms with Crippen LogP contribution in [0.1, 0.15) is 30.1 Å². The van der Waals surface area contributed by atoms with Crippen molar-refractivity contribution in [2.24, 2.45) is 5.92 Å². The van der Waals surface area contributed by atoms with Gasteiger partial charge in [0.1, 0.15) is 11.6 Å². The third kappa shape index (κ3) is 5.84. The highest BCUT2D eigenvalue weighted by Gasteiger charge is 2.32. The van der Waals surface area contributed by atoms with Crippen LogP contribution >= 0.6 is 0 Å². The van der Waals surface area contributed by atoms with E-state index in [1.807, 2.05) is 0 Å². The fourth-order valence-corrected chi connectivity index (χ4v) is 3.95. The predicted octanol–water partition coefficient (Wildman–Crippen LogP) is 5.81. The summed E-state index contributed by atoms with van der Waals surface area (Å²) in [7, 11) is 0. The quantitative estimate of drug-likeness (QED) is 0.440. The van der Waals surface area contributed by atoms with E-state index in [-0.39, 0.29) is 11.3 Å². The van der Waals surface area contributed by atoms with Gasteiger partial charge in [-0.3, -0.25) is 9.78 Å². The average molecular weight is 492 g/mol. The molecule has 1 aliphatic heterocycles. The van der Waals surface area contributed by atoms with Gasteiger partial charge >= 0.3 is 6.36 Å². The topological polar surface area (TPSA) is 67.4 Å². The number of ether oxygens (including phenoxy) is 1. The van der Waals surface area contributed by atoms with Crippen LogP contribution in [0.25, 0.3) is 11.1 Å². The molecule has 6 nitrogen and oxygen atoms in total. The predicted molar refractivity (Wildman–Crippen MR) is 119 cm³/mol. The number of nitrogens with zero attached hydrogens (tertiary/aromatic N) is 3. The first-order chi connectivity index (χ1) is 16.6. The summed E-state index contributed by atoms with van der Waals surface area (Å²) in [6, 6.07) is 5.38. The van der Waals surface area contributed by atoms with Crippen molar-refractivity contribution in [3.05, 3.63) is 66.1 Å². The van der Waals surface area contributed by atoms with Crippen LogP contribution in [0.4, 0.5) is 33.5 Å². The molecule has 1 fully saturated rings. The number of rotatable bonds is 6. The van der Waals surface area contributed by atoms with Crippen LogP contribution in [-0.2, 0) is 0 Å². The van der Waals surface area contributed by atoms with Crippen LogP contribution in [0, 0.1) is 17.6 Å². The van der Waals surface area contributed by atoms with Crippen molar-refractivity contribution in [3.8, 4) is 16.9 Å². The van der Waals surface area contributed by atoms with Gasteiger partial charge in [0.2, 0.25) is 0 Å². The fraction of sp³-hybridized carbons (Fsp3) is 0.292. The number of amides is 1. The first-order valence-electron chi connectivity index (χ1n) is 10.9. The Morgan fingerprint density at radius 1 is 1.17 bits per heavy atom. The lowest BCUT2D eigenvalue weighted by molar-refractivity contribution is -0.275. The molecule has 0 aliphatic carbocycles. The van der Waals surface area contributed by atoms with Crippen molar-refractivity contribution >= 4 is 17.4 Å². The maximum Gasteiger partial charge on any atom is 0.573 e. The van der Waals surface area contributed by atoms with Crippen molar-refractivity contribution in [1.29, 1.82) is 0 Å². The smallest absolute Gasteiger partial charge is 0.403 e. The van der Waals surface area contributed by atoms with Gasteiger partial charge in [0.25, 0.3) is 5.91 Å². The Morgan fingerprint density at radius 2 is 1.97 bits per heavy atom. The largest absolute Gasteiger partial charge is 0.573 e. The minimum Gasteiger partial charge on any atom is -0.403 e. The highest BCUT2D eigenvalue weighted by molar-refractivity contribution is 6.05. The van der Waals surface area contributed by atoms with Gasteiger partial charge in [0, 0.05) is 48.4 Å². The maximum atomic E-state index is 14.0. The zero-order valence-electron chi connectivity index (χ0n) is 18.6. The van der Waals surface area contributed by atoms with Crippen LogP contribution < -0.4 is 15.0 Å². The fourth-order valence-electron chi connectivity index (χ4n) is 3.95. The number of halogens is 5. The minimum absolute atomic E-state index is 0.0783. The van der Waals surface area contributed by atoms with E-state index in [0.29, 0.717) is 28.9 Å². The highest BCUT2D eigenvalue weighted by atomic mass is 19.4. The number of carbonyl (C=O) groups excluding carboxylic acids is 1. The Morgan fingerprint density at radius 3 is 2.63 bits per heavy atom. The van der Waals surface area contributed by atoms with Gasteiger partial charge in [-0.2, -0.15) is 0 Å². The number of carbonyl (C=O) groups is 1. The van der Waals surface area contributed by atoms with Crippen molar-refractivity contribution in [2.75, 3.05) is 23.3 Å². The monoisotopic (exact) mass is 492 g/mol. The molecule has 0 bridgehead atoms. The minimum atomic E-state index is -5.05. The molecule has 1 aliphatic rings. The molecule has 0 unspecified atom stereocenters. The summed E-state index contributed by atoms with van der Waals surface area (Å²) in [5, 5.41) is 2.43. The van der Waals surface area contributed by atoms with E-state index >= 15 is 0 Å². The van der Waals surface area contributed by atoms with E-state index in [2.05, 4.69) is 31.8 Å². The third-order valence-electron chi connectivity index (χ3n) is 5.72. The zero-order valence-corrected chi connectivity index (χ0v) is 18.6. The molecule has 1 amide bonds. The maximum absolute atomic E-state index is 14.0. The first kappa shape index (κ1) is 24.4. The standard InChI is InChI=1S/C24H21F5N4O2/c1-2-14-5-6-33(13-14)22-19(15-7-17(25)12-30-10-15)8-16(11-31-22)23(34)32-18-3-4-21(20(26)9-18)35-24(27,28)29/h3-4,7-12,14H,2,5-6,13H2,1H3,(H,32,34)/t14-/m0/s1. The Hall–Kier alpha value is -3.76. The summed E-state index contributed by atoms with van der Waals surface area (Å²) in [5.74, 6) is -2.45. The second-order valence-electron chi connectivity index (χ2n) is 8.14. The summed E-state index contributed by atoms with van der Waals surface area (Å²) in [5.41, 5.74) is 0.948. The summed E-state index contributed by atoms with van der Waals surface area (Å²) in [4.78, 5) is 23.3. The van der Waals surface area contributed by atoms with Gasteiger partial charge in [0.15, 0.2) is 11.6 Å². The number of nitrogens with one attached hydrogen (secondary N) is 1. The Bertz CT molecular complexity index is 1230. The number of alkyl halides is 3. The van der Waals surface area contributed by atoms with E-state index in [9.17, 15) is 26.7 Å². The summed E-state index contributed by atoms with van der Waals surface area (Å²) in [6.45, 7) is 3.64. The van der Waals surface area contributed by atoms with Gasteiger partial charge in [-0.25, -0.2) is 13.8 Å². The van der Waals surface area contributed by atoms with E-state index in [1.54, 1.807) is 0 Å². The third-order valence-corrected chi connectivity index (χ3v) is 5.72. The molecule has 0 radical (unpaired) electrons. The lowest BCUT2D eigenvalue weighted by Crippen LogP contribution is -2.22. The van der Waals surface area contributed by atoms with Gasteiger partial charge in [0.05, 0.1) is 11.8 Å². The molecule has 2 aromatic heterocycles. The molecular formula is C24H21F5N4O2. The zero-order chi connectivity index (χ0) is 25.2. The molecule has 1 saturated heterocycles. The lowest BCUT2D eigenvalue weighted by Gasteiger charge is -2.21. The molecule has 0 spiro atoms. The number of aromatic nitrogens is 2. The van der Waals surface area contributed by atoms with Gasteiger partial charge < -0.3 is 15.0 Å². The molecule has 3 heterocycles. The van der Waals surface area contributed by atoms with Gasteiger partial charge in [-0.15, -0.1) is 13.2 Å². The Labute approximate surface area is 197 Å². The SMILES string of the molecule is CC[C@H]1CCN(c2ncc(C(=O)Nc3ccc(OC(F)(F)F)c(F)c3)cc2-c2cncc(F)c2)C1. The molecular weight excluding hydrogens is 471 g/mol. The number of hydrogen-bond donors (Lipinski definition) is 1. The van der Waals surface area contributed by atoms with E-state index < -0.39 is 29.7 Å². The van der Waals surface area contributed by atoms with E-state index in [1.165, 1.54) is 24.5 Å². The summed E-state index contributed by atoms with van der Waals surface area (Å²) >= 11 is 0. The Kier molecular flexibility index (Phi) is 6.86. The normalized spacial score (nSPS) is 15.8. The molecule has 0 saturated carbocycles. The molecule has 4 rings (SSSR count). The number of hydrogen-bond acceptors (Lipinski definition) is 5. The van der Waals surface area contributed by atoms with Crippen molar-refractivity contribution in [2.45, 2.75) is 26.1 Å². The molecule has 11 heteroatoms. The summed E-state index contributed by atoms with van der Waals surface area (Å²) < 4.78 is 68.5. The van der Waals surface area contributed by atoms with Gasteiger partial charge in [-0.1, -0.05) is 13.3 Å². The van der Waals surface area contributed by atoms with Crippen LogP contribution in [0.2, 0.25) is 0 Å². The van der Waals surface area contributed by atoms with Crippen LogP contribution in [0.15, 0.2) is 48.9 Å². The second kappa shape index (κ2) is 9.85. The number of pyridine rings is 2. The lowest BCUT2D eigenvalue weighted by atomic mass is 10.0. The number of anilines is 2. The van der Waals surface area contributed by atoms with Crippen LogP contribution in [0.3, 0.4) is 0 Å². The van der Waals surface area contributed by atoms with E-state index in [0.717, 1.165) is 44.3 Å². The molecule has 1 aromatic carbocycles. The van der Waals surface area contributed by atoms with Crippen molar-refractivity contribution in [3.63, 3.8) is 0 Å². The molecule has 35 heavy (non-hydrogen) atoms. The average Bonchev–Trinajstić information content (AvgIpc) is 3.29.